The monoisotopic (exact) mass is 331 g/mol. The van der Waals surface area contributed by atoms with Crippen LogP contribution in [-0.2, 0) is 14.8 Å². The number of hydrogen-bond donors (Lipinski definition) is 2. The lowest BCUT2D eigenvalue weighted by atomic mass is 10.1. The van der Waals surface area contributed by atoms with Crippen LogP contribution in [0.2, 0.25) is 0 Å². The molecule has 2 unspecified atom stereocenters. The lowest BCUT2D eigenvalue weighted by molar-refractivity contribution is -0.124. The van der Waals surface area contributed by atoms with Gasteiger partial charge in [0.05, 0.1) is 0 Å². The molecule has 1 amide bonds. The molecule has 0 saturated carbocycles. The lowest BCUT2D eigenvalue weighted by Gasteiger charge is -2.23. The van der Waals surface area contributed by atoms with E-state index in [-0.39, 0.29) is 16.0 Å². The van der Waals surface area contributed by atoms with Gasteiger partial charge < -0.3 is 11.1 Å². The Morgan fingerprint density at radius 3 is 3.00 bits per heavy atom. The predicted molar refractivity (Wildman–Crippen MR) is 82.5 cm³/mol. The molecule has 0 aliphatic carbocycles. The van der Waals surface area contributed by atoms with Crippen LogP contribution < -0.4 is 11.1 Å². The average molecular weight is 331 g/mol. The third-order valence-electron chi connectivity index (χ3n) is 3.59. The van der Waals surface area contributed by atoms with Crippen LogP contribution in [-0.4, -0.2) is 44.3 Å². The second-order valence-electron chi connectivity index (χ2n) is 5.29. The highest BCUT2D eigenvalue weighted by atomic mass is 32.2. The minimum Gasteiger partial charge on any atom is -0.354 e. The van der Waals surface area contributed by atoms with Crippen molar-refractivity contribution in [3.8, 4) is 0 Å². The normalized spacial score (nSPS) is 21.3. The molecule has 118 valence electrons. The Hall–Kier alpha value is -0.960. The van der Waals surface area contributed by atoms with Crippen LogP contribution in [0, 0.1) is 5.92 Å². The van der Waals surface area contributed by atoms with E-state index in [0.717, 1.165) is 0 Å². The fourth-order valence-corrected chi connectivity index (χ4v) is 5.07. The van der Waals surface area contributed by atoms with E-state index in [2.05, 4.69) is 5.32 Å². The highest BCUT2D eigenvalue weighted by Gasteiger charge is 2.39. The Balaban J connectivity index is 2.08. The maximum absolute atomic E-state index is 12.5. The summed E-state index contributed by atoms with van der Waals surface area (Å²) in [5.41, 5.74) is 5.52. The number of nitrogens with zero attached hydrogens (tertiary/aromatic N) is 1. The van der Waals surface area contributed by atoms with Gasteiger partial charge in [0.1, 0.15) is 10.3 Å². The number of carbonyl (C=O) groups excluding carboxylic acids is 1. The minimum absolute atomic E-state index is 0.178. The van der Waals surface area contributed by atoms with Gasteiger partial charge in [0.15, 0.2) is 0 Å². The molecule has 21 heavy (non-hydrogen) atoms. The van der Waals surface area contributed by atoms with Crippen LogP contribution in [0.3, 0.4) is 0 Å². The topological polar surface area (TPSA) is 92.5 Å². The summed E-state index contributed by atoms with van der Waals surface area (Å²) in [7, 11) is -3.57. The van der Waals surface area contributed by atoms with E-state index in [0.29, 0.717) is 32.5 Å². The van der Waals surface area contributed by atoms with Crippen molar-refractivity contribution in [3.05, 3.63) is 17.5 Å². The summed E-state index contributed by atoms with van der Waals surface area (Å²) in [5, 5.41) is 4.52. The van der Waals surface area contributed by atoms with Crippen LogP contribution in [0.4, 0.5) is 0 Å². The summed E-state index contributed by atoms with van der Waals surface area (Å²) >= 11 is 1.17. The zero-order chi connectivity index (χ0) is 15.5. The summed E-state index contributed by atoms with van der Waals surface area (Å²) in [6, 6.07) is 2.66. The highest BCUT2D eigenvalue weighted by molar-refractivity contribution is 7.91. The molecular formula is C13H21N3O3S2. The number of nitrogens with one attached hydrogen (secondary N) is 1. The molecule has 1 fully saturated rings. The second-order valence-corrected chi connectivity index (χ2v) is 8.36. The van der Waals surface area contributed by atoms with E-state index >= 15 is 0 Å². The number of carbonyl (C=O) groups is 1. The van der Waals surface area contributed by atoms with E-state index in [1.54, 1.807) is 17.5 Å². The Morgan fingerprint density at radius 2 is 2.38 bits per heavy atom. The Bertz CT molecular complexity index is 571. The third-order valence-corrected chi connectivity index (χ3v) is 6.87. The summed E-state index contributed by atoms with van der Waals surface area (Å²) in [4.78, 5) is 12.2. The number of sulfonamides is 1. The number of rotatable bonds is 6. The van der Waals surface area contributed by atoms with E-state index in [1.165, 1.54) is 15.6 Å². The predicted octanol–water partition coefficient (Wildman–Crippen LogP) is 0.612. The fourth-order valence-electron chi connectivity index (χ4n) is 2.29. The van der Waals surface area contributed by atoms with Gasteiger partial charge in [-0.25, -0.2) is 8.42 Å². The third kappa shape index (κ3) is 3.63. The van der Waals surface area contributed by atoms with Gasteiger partial charge in [-0.1, -0.05) is 13.0 Å². The van der Waals surface area contributed by atoms with Crippen molar-refractivity contribution in [1.29, 1.82) is 0 Å². The van der Waals surface area contributed by atoms with Crippen LogP contribution in [0.1, 0.15) is 19.8 Å². The molecule has 1 aliphatic heterocycles. The van der Waals surface area contributed by atoms with Crippen molar-refractivity contribution in [2.75, 3.05) is 19.6 Å². The van der Waals surface area contributed by atoms with E-state index in [1.807, 2.05) is 6.92 Å². The molecular weight excluding hydrogens is 310 g/mol. The van der Waals surface area contributed by atoms with Crippen LogP contribution in [0.25, 0.3) is 0 Å². The number of thiophene rings is 1. The van der Waals surface area contributed by atoms with Crippen LogP contribution in [0.5, 0.6) is 0 Å². The Morgan fingerprint density at radius 1 is 1.62 bits per heavy atom. The SMILES string of the molecule is CC(CN)CNC(=O)C1CCCN1S(=O)(=O)c1cccs1. The summed E-state index contributed by atoms with van der Waals surface area (Å²) in [6.45, 7) is 3.29. The van der Waals surface area contributed by atoms with Crippen LogP contribution >= 0.6 is 11.3 Å². The summed E-state index contributed by atoms with van der Waals surface area (Å²) in [6.07, 6.45) is 1.27. The van der Waals surface area contributed by atoms with Crippen molar-refractivity contribution >= 4 is 27.3 Å². The fraction of sp³-hybridized carbons (Fsp3) is 0.615. The average Bonchev–Trinajstić information content (AvgIpc) is 3.14. The first kappa shape index (κ1) is 16.4. The van der Waals surface area contributed by atoms with Crippen molar-refractivity contribution in [2.24, 2.45) is 11.7 Å². The molecule has 0 aromatic carbocycles. The standard InChI is InChI=1S/C13H21N3O3S2/c1-10(8-14)9-15-13(17)11-4-2-6-16(11)21(18,19)12-5-3-7-20-12/h3,5,7,10-11H,2,4,6,8-9,14H2,1H3,(H,15,17). The van der Waals surface area contributed by atoms with E-state index in [9.17, 15) is 13.2 Å². The molecule has 2 atom stereocenters. The van der Waals surface area contributed by atoms with Gasteiger partial charge in [0, 0.05) is 13.1 Å². The summed E-state index contributed by atoms with van der Waals surface area (Å²) < 4.78 is 26.7. The van der Waals surface area contributed by atoms with Crippen LogP contribution in [0.15, 0.2) is 21.7 Å². The van der Waals surface area contributed by atoms with Gasteiger partial charge in [0.2, 0.25) is 5.91 Å². The quantitative estimate of drug-likeness (QED) is 0.799. The molecule has 2 rings (SSSR count). The zero-order valence-electron chi connectivity index (χ0n) is 12.0. The molecule has 1 aromatic rings. The Labute approximate surface area is 129 Å². The van der Waals surface area contributed by atoms with Crippen molar-refractivity contribution in [1.82, 2.24) is 9.62 Å². The minimum atomic E-state index is -3.57. The smallest absolute Gasteiger partial charge is 0.253 e. The van der Waals surface area contributed by atoms with Gasteiger partial charge in [-0.3, -0.25) is 4.79 Å². The van der Waals surface area contributed by atoms with E-state index < -0.39 is 16.1 Å². The van der Waals surface area contributed by atoms with Gasteiger partial charge in [-0.05, 0) is 36.8 Å². The second kappa shape index (κ2) is 6.87. The molecule has 1 aliphatic rings. The van der Waals surface area contributed by atoms with Crippen molar-refractivity contribution in [3.63, 3.8) is 0 Å². The lowest BCUT2D eigenvalue weighted by Crippen LogP contribution is -2.46. The molecule has 1 aromatic heterocycles. The molecule has 0 spiro atoms. The van der Waals surface area contributed by atoms with Gasteiger partial charge in [-0.15, -0.1) is 11.3 Å². The first-order chi connectivity index (χ1) is 9.96. The van der Waals surface area contributed by atoms with Gasteiger partial charge in [0.25, 0.3) is 10.0 Å². The van der Waals surface area contributed by atoms with Gasteiger partial charge >= 0.3 is 0 Å². The first-order valence-electron chi connectivity index (χ1n) is 7.00. The molecule has 1 saturated heterocycles. The number of amides is 1. The maximum Gasteiger partial charge on any atom is 0.253 e. The molecule has 3 N–H and O–H groups in total. The van der Waals surface area contributed by atoms with Crippen molar-refractivity contribution in [2.45, 2.75) is 30.0 Å². The first-order valence-corrected chi connectivity index (χ1v) is 9.32. The molecule has 8 heteroatoms. The molecule has 6 nitrogen and oxygen atoms in total. The zero-order valence-corrected chi connectivity index (χ0v) is 13.6. The van der Waals surface area contributed by atoms with E-state index in [4.69, 9.17) is 5.73 Å². The largest absolute Gasteiger partial charge is 0.354 e. The molecule has 0 radical (unpaired) electrons. The maximum atomic E-state index is 12.5. The van der Waals surface area contributed by atoms with Crippen molar-refractivity contribution < 1.29 is 13.2 Å². The number of nitrogens with two attached hydrogens (primary N) is 1. The summed E-state index contributed by atoms with van der Waals surface area (Å²) in [5.74, 6) is -0.0503. The highest BCUT2D eigenvalue weighted by Crippen LogP contribution is 2.28. The molecule has 2 heterocycles. The van der Waals surface area contributed by atoms with Gasteiger partial charge in [-0.2, -0.15) is 4.31 Å². The Kier molecular flexibility index (Phi) is 5.37. The number of hydrogen-bond acceptors (Lipinski definition) is 5. The molecule has 0 bridgehead atoms.